The zero-order valence-corrected chi connectivity index (χ0v) is 19.4. The molecule has 0 N–H and O–H groups in total. The van der Waals surface area contributed by atoms with E-state index in [0.717, 1.165) is 39.1 Å². The maximum Gasteiger partial charge on any atom is 0.149 e. The maximum atomic E-state index is 15.4. The van der Waals surface area contributed by atoms with Crippen LogP contribution < -0.4 is 14.4 Å². The Morgan fingerprint density at radius 2 is 1.33 bits per heavy atom. The van der Waals surface area contributed by atoms with Crippen LogP contribution in [0.1, 0.15) is 29.2 Å². The summed E-state index contributed by atoms with van der Waals surface area (Å²) in [5.74, 6) is 1.44. The molecule has 0 aromatic heterocycles. The summed E-state index contributed by atoms with van der Waals surface area (Å²) in [4.78, 5) is 2.07. The monoisotopic (exact) mass is 471 g/mol. The van der Waals surface area contributed by atoms with Crippen LogP contribution in [0.15, 0.2) is 59.1 Å². The molecule has 0 aliphatic heterocycles. The molecule has 3 aromatic carbocycles. The topological polar surface area (TPSA) is 21.7 Å². The van der Waals surface area contributed by atoms with Gasteiger partial charge in [0.05, 0.1) is 19.9 Å². The van der Waals surface area contributed by atoms with Gasteiger partial charge in [0, 0.05) is 17.6 Å². The summed E-state index contributed by atoms with van der Waals surface area (Å²) >= 11 is 3.64. The van der Waals surface area contributed by atoms with Crippen molar-refractivity contribution in [3.05, 3.63) is 87.1 Å². The van der Waals surface area contributed by atoms with Gasteiger partial charge in [-0.1, -0.05) is 47.1 Å². The summed E-state index contributed by atoms with van der Waals surface area (Å²) < 4.78 is 26.9. The van der Waals surface area contributed by atoms with E-state index in [1.54, 1.807) is 14.2 Å². The Morgan fingerprint density at radius 1 is 0.867 bits per heavy atom. The van der Waals surface area contributed by atoms with Gasteiger partial charge in [0.15, 0.2) is 0 Å². The van der Waals surface area contributed by atoms with Gasteiger partial charge in [-0.2, -0.15) is 0 Å². The summed E-state index contributed by atoms with van der Waals surface area (Å²) in [7, 11) is 3.30. The normalized spacial score (nSPS) is 10.7. The summed E-state index contributed by atoms with van der Waals surface area (Å²) in [5, 5.41) is 0. The molecular formula is C25H27BrFNO2. The minimum absolute atomic E-state index is 0.169. The van der Waals surface area contributed by atoms with Crippen LogP contribution in [0, 0.1) is 12.7 Å². The lowest BCUT2D eigenvalue weighted by Crippen LogP contribution is -2.24. The number of rotatable bonds is 8. The molecule has 0 aliphatic rings. The second kappa shape index (κ2) is 9.98. The quantitative estimate of drug-likeness (QED) is 0.365. The molecule has 0 bridgehead atoms. The zero-order valence-electron chi connectivity index (χ0n) is 17.8. The van der Waals surface area contributed by atoms with Crippen molar-refractivity contribution in [2.24, 2.45) is 0 Å². The summed E-state index contributed by atoms with van der Waals surface area (Å²) in [6.07, 6.45) is 0.778. The predicted molar refractivity (Wildman–Crippen MR) is 124 cm³/mol. The Kier molecular flexibility index (Phi) is 7.38. The Balaban J connectivity index is 1.99. The van der Waals surface area contributed by atoms with E-state index >= 15 is 4.39 Å². The Morgan fingerprint density at radius 3 is 1.73 bits per heavy atom. The van der Waals surface area contributed by atoms with Crippen molar-refractivity contribution in [3.63, 3.8) is 0 Å². The van der Waals surface area contributed by atoms with Gasteiger partial charge in [0.1, 0.15) is 17.3 Å². The highest BCUT2D eigenvalue weighted by Crippen LogP contribution is 2.33. The average Bonchev–Trinajstić information content (AvgIpc) is 2.77. The molecule has 0 saturated carbocycles. The average molecular weight is 472 g/mol. The third kappa shape index (κ3) is 4.96. The second-order valence-corrected chi connectivity index (χ2v) is 8.06. The second-order valence-electron chi connectivity index (χ2n) is 7.20. The molecule has 0 fully saturated rings. The molecule has 0 atom stereocenters. The first-order valence-corrected chi connectivity index (χ1v) is 10.7. The lowest BCUT2D eigenvalue weighted by Gasteiger charge is -2.27. The van der Waals surface area contributed by atoms with Gasteiger partial charge in [-0.25, -0.2) is 4.39 Å². The number of methoxy groups -OCH3 is 2. The Bertz CT molecular complexity index is 938. The third-order valence-electron chi connectivity index (χ3n) is 5.32. The summed E-state index contributed by atoms with van der Waals surface area (Å²) in [6.45, 7) is 5.04. The lowest BCUT2D eigenvalue weighted by molar-refractivity contribution is 0.414. The van der Waals surface area contributed by atoms with Crippen LogP contribution in [0.25, 0.3) is 0 Å². The molecule has 0 aliphatic carbocycles. The zero-order chi connectivity index (χ0) is 21.7. The molecule has 3 nitrogen and oxygen atoms in total. The first-order chi connectivity index (χ1) is 14.5. The molecule has 3 aromatic rings. The first kappa shape index (κ1) is 22.2. The highest BCUT2D eigenvalue weighted by Gasteiger charge is 2.19. The van der Waals surface area contributed by atoms with Crippen molar-refractivity contribution in [3.8, 4) is 11.5 Å². The highest BCUT2D eigenvalue weighted by atomic mass is 79.9. The van der Waals surface area contributed by atoms with Crippen molar-refractivity contribution in [1.82, 2.24) is 0 Å². The molecule has 5 heteroatoms. The number of halogens is 2. The number of benzene rings is 3. The molecule has 30 heavy (non-hydrogen) atoms. The van der Waals surface area contributed by atoms with Crippen LogP contribution in [0.4, 0.5) is 10.1 Å². The predicted octanol–water partition coefficient (Wildman–Crippen LogP) is 6.68. The number of nitrogens with zero attached hydrogens (tertiary/aromatic N) is 1. The Labute approximate surface area is 186 Å². The lowest BCUT2D eigenvalue weighted by atomic mass is 10.0. The van der Waals surface area contributed by atoms with Gasteiger partial charge < -0.3 is 14.4 Å². The van der Waals surface area contributed by atoms with Crippen molar-refractivity contribution in [1.29, 1.82) is 0 Å². The van der Waals surface area contributed by atoms with E-state index in [-0.39, 0.29) is 5.82 Å². The van der Waals surface area contributed by atoms with Crippen molar-refractivity contribution in [2.45, 2.75) is 33.4 Å². The van der Waals surface area contributed by atoms with E-state index in [0.29, 0.717) is 24.3 Å². The van der Waals surface area contributed by atoms with Gasteiger partial charge >= 0.3 is 0 Å². The molecule has 0 amide bonds. The Hall–Kier alpha value is -2.53. The maximum absolute atomic E-state index is 15.4. The van der Waals surface area contributed by atoms with Gasteiger partial charge in [-0.05, 0) is 65.9 Å². The van der Waals surface area contributed by atoms with Crippen molar-refractivity contribution in [2.75, 3.05) is 19.1 Å². The van der Waals surface area contributed by atoms with E-state index in [1.807, 2.05) is 68.4 Å². The van der Waals surface area contributed by atoms with Crippen LogP contribution in [-0.4, -0.2) is 14.2 Å². The first-order valence-electron chi connectivity index (χ1n) is 9.95. The smallest absolute Gasteiger partial charge is 0.149 e. The van der Waals surface area contributed by atoms with E-state index in [2.05, 4.69) is 20.8 Å². The largest absolute Gasteiger partial charge is 0.497 e. The van der Waals surface area contributed by atoms with Gasteiger partial charge in [0.2, 0.25) is 0 Å². The van der Waals surface area contributed by atoms with E-state index in [9.17, 15) is 0 Å². The van der Waals surface area contributed by atoms with Crippen LogP contribution in [0.3, 0.4) is 0 Å². The summed E-state index contributed by atoms with van der Waals surface area (Å²) in [5.41, 5.74) is 4.44. The fourth-order valence-corrected chi connectivity index (χ4v) is 4.36. The SMILES string of the molecule is CCc1c(Br)cc(N(Cc2ccc(OC)cc2)Cc2ccc(OC)cc2)c(F)c1C. The number of ether oxygens (including phenoxy) is 2. The van der Waals surface area contributed by atoms with Crippen molar-refractivity contribution >= 4 is 21.6 Å². The minimum atomic E-state index is -0.169. The molecule has 3 rings (SSSR count). The third-order valence-corrected chi connectivity index (χ3v) is 6.03. The molecular weight excluding hydrogens is 445 g/mol. The van der Waals surface area contributed by atoms with Crippen LogP contribution in [0.5, 0.6) is 11.5 Å². The van der Waals surface area contributed by atoms with Gasteiger partial charge in [-0.3, -0.25) is 0 Å². The van der Waals surface area contributed by atoms with Crippen LogP contribution in [0.2, 0.25) is 0 Å². The van der Waals surface area contributed by atoms with E-state index in [4.69, 9.17) is 9.47 Å². The fourth-order valence-electron chi connectivity index (χ4n) is 3.57. The molecule has 158 valence electrons. The van der Waals surface area contributed by atoms with Crippen molar-refractivity contribution < 1.29 is 13.9 Å². The molecule has 0 heterocycles. The van der Waals surface area contributed by atoms with Crippen LogP contribution >= 0.6 is 15.9 Å². The fraction of sp³-hybridized carbons (Fsp3) is 0.280. The minimum Gasteiger partial charge on any atom is -0.497 e. The molecule has 0 unspecified atom stereocenters. The standard InChI is InChI=1S/C25H27BrFNO2/c1-5-22-17(2)25(27)24(14-23(22)26)28(15-18-6-10-20(29-3)11-7-18)16-19-8-12-21(30-4)13-9-19/h6-14H,5,15-16H2,1-4H3. The molecule has 0 radical (unpaired) electrons. The van der Waals surface area contributed by atoms with Gasteiger partial charge in [-0.15, -0.1) is 0 Å². The number of hydrogen-bond acceptors (Lipinski definition) is 3. The number of hydrogen-bond donors (Lipinski definition) is 0. The van der Waals surface area contributed by atoms with Crippen LogP contribution in [-0.2, 0) is 19.5 Å². The molecule has 0 spiro atoms. The highest BCUT2D eigenvalue weighted by molar-refractivity contribution is 9.10. The number of anilines is 1. The molecule has 0 saturated heterocycles. The van der Waals surface area contributed by atoms with Gasteiger partial charge in [0.25, 0.3) is 0 Å². The van der Waals surface area contributed by atoms with E-state index < -0.39 is 0 Å². The summed E-state index contributed by atoms with van der Waals surface area (Å²) in [6, 6.07) is 17.7. The van der Waals surface area contributed by atoms with E-state index in [1.165, 1.54) is 0 Å².